The summed E-state index contributed by atoms with van der Waals surface area (Å²) in [6.45, 7) is 0. The molecule has 0 radical (unpaired) electrons. The fourth-order valence-corrected chi connectivity index (χ4v) is 2.33. The van der Waals surface area contributed by atoms with E-state index in [4.69, 9.17) is 11.6 Å². The molecule has 0 aliphatic carbocycles. The van der Waals surface area contributed by atoms with Crippen molar-refractivity contribution in [2.75, 3.05) is 0 Å². The Labute approximate surface area is 131 Å². The largest absolute Gasteiger partial charge is 0.272 e. The summed E-state index contributed by atoms with van der Waals surface area (Å²) in [6.07, 6.45) is 1.71. The van der Waals surface area contributed by atoms with Crippen LogP contribution in [-0.2, 0) is 0 Å². The topological polar surface area (TPSA) is 69.5 Å². The van der Waals surface area contributed by atoms with E-state index in [-0.39, 0.29) is 5.56 Å². The Bertz CT molecular complexity index is 966. The van der Waals surface area contributed by atoms with Crippen LogP contribution in [0.15, 0.2) is 53.3 Å². The zero-order valence-corrected chi connectivity index (χ0v) is 12.1. The maximum Gasteiger partial charge on any atom is 0.272 e. The molecule has 0 saturated heterocycles. The molecule has 0 spiro atoms. The van der Waals surface area contributed by atoms with Gasteiger partial charge < -0.3 is 0 Å². The van der Waals surface area contributed by atoms with Crippen LogP contribution >= 0.6 is 11.6 Å². The molecular formula is C17H10ClN3O. The molecule has 2 aromatic carbocycles. The first-order chi connectivity index (χ1) is 10.7. The van der Waals surface area contributed by atoms with Gasteiger partial charge >= 0.3 is 0 Å². The molecule has 0 fully saturated rings. The van der Waals surface area contributed by atoms with Gasteiger partial charge in [0.2, 0.25) is 0 Å². The Hall–Kier alpha value is -2.90. The Balaban J connectivity index is 2.20. The summed E-state index contributed by atoms with van der Waals surface area (Å²) in [7, 11) is 0. The lowest BCUT2D eigenvalue weighted by Gasteiger charge is -2.03. The fourth-order valence-electron chi connectivity index (χ4n) is 2.20. The normalized spacial score (nSPS) is 11.4. The third kappa shape index (κ3) is 2.62. The average molecular weight is 308 g/mol. The number of benzene rings is 2. The van der Waals surface area contributed by atoms with E-state index in [1.807, 2.05) is 18.2 Å². The summed E-state index contributed by atoms with van der Waals surface area (Å²) in [4.78, 5) is 11.8. The van der Waals surface area contributed by atoms with Gasteiger partial charge in [-0.2, -0.15) is 10.4 Å². The van der Waals surface area contributed by atoms with Crippen molar-refractivity contribution < 1.29 is 0 Å². The number of nitriles is 1. The summed E-state index contributed by atoms with van der Waals surface area (Å²) in [6, 6.07) is 16.3. The maximum absolute atomic E-state index is 11.8. The predicted molar refractivity (Wildman–Crippen MR) is 87.3 cm³/mol. The summed E-state index contributed by atoms with van der Waals surface area (Å²) < 4.78 is 0. The van der Waals surface area contributed by atoms with Gasteiger partial charge in [0.25, 0.3) is 5.56 Å². The number of nitrogens with zero attached hydrogens (tertiary/aromatic N) is 2. The third-order valence-electron chi connectivity index (χ3n) is 3.25. The number of allylic oxidation sites excluding steroid dienone is 1. The minimum absolute atomic E-state index is 0.275. The number of fused-ring (bicyclic) bond motifs is 1. The van der Waals surface area contributed by atoms with Crippen molar-refractivity contribution in [2.45, 2.75) is 0 Å². The van der Waals surface area contributed by atoms with Crippen molar-refractivity contribution in [3.8, 4) is 6.07 Å². The van der Waals surface area contributed by atoms with Gasteiger partial charge in [-0.3, -0.25) is 4.79 Å². The van der Waals surface area contributed by atoms with Crippen molar-refractivity contribution in [1.29, 1.82) is 5.26 Å². The number of rotatable bonds is 2. The molecule has 4 nitrogen and oxygen atoms in total. The minimum atomic E-state index is -0.275. The molecule has 1 N–H and O–H groups in total. The van der Waals surface area contributed by atoms with E-state index in [1.54, 1.807) is 36.4 Å². The Morgan fingerprint density at radius 3 is 2.50 bits per heavy atom. The van der Waals surface area contributed by atoms with Crippen molar-refractivity contribution in [1.82, 2.24) is 10.2 Å². The molecule has 3 rings (SSSR count). The summed E-state index contributed by atoms with van der Waals surface area (Å²) in [5.74, 6) is 0. The fraction of sp³-hybridized carbons (Fsp3) is 0. The van der Waals surface area contributed by atoms with E-state index in [9.17, 15) is 10.1 Å². The first-order valence-electron chi connectivity index (χ1n) is 6.54. The van der Waals surface area contributed by atoms with Gasteiger partial charge in [-0.15, -0.1) is 0 Å². The molecule has 1 aromatic heterocycles. The molecule has 0 atom stereocenters. The zero-order chi connectivity index (χ0) is 15.5. The highest BCUT2D eigenvalue weighted by atomic mass is 35.5. The highest BCUT2D eigenvalue weighted by Crippen LogP contribution is 2.22. The highest BCUT2D eigenvalue weighted by Gasteiger charge is 2.10. The SMILES string of the molecule is N#CC(=Cc1ccc(Cl)cc1)c1n[nH]c(=O)c2ccccc12. The lowest BCUT2D eigenvalue weighted by atomic mass is 10.0. The van der Waals surface area contributed by atoms with Crippen LogP contribution in [0, 0.1) is 11.3 Å². The number of hydrogen-bond donors (Lipinski definition) is 1. The Morgan fingerprint density at radius 1 is 1.14 bits per heavy atom. The van der Waals surface area contributed by atoms with Crippen LogP contribution in [0.2, 0.25) is 5.02 Å². The first-order valence-corrected chi connectivity index (χ1v) is 6.92. The maximum atomic E-state index is 11.8. The standard InChI is InChI=1S/C17H10ClN3O/c18-13-7-5-11(6-8-13)9-12(10-19)16-14-3-1-2-4-15(14)17(22)21-20-16/h1-9H,(H,21,22). The molecule has 0 aliphatic rings. The summed E-state index contributed by atoms with van der Waals surface area (Å²) >= 11 is 5.86. The van der Waals surface area contributed by atoms with Crippen LogP contribution in [0.4, 0.5) is 0 Å². The zero-order valence-electron chi connectivity index (χ0n) is 11.4. The first kappa shape index (κ1) is 14.1. The van der Waals surface area contributed by atoms with Gasteiger partial charge in [0.05, 0.1) is 11.0 Å². The van der Waals surface area contributed by atoms with Crippen LogP contribution in [0.1, 0.15) is 11.3 Å². The van der Waals surface area contributed by atoms with E-state index in [2.05, 4.69) is 16.3 Å². The molecule has 0 bridgehead atoms. The summed E-state index contributed by atoms with van der Waals surface area (Å²) in [5.41, 5.74) is 1.38. The smallest absolute Gasteiger partial charge is 0.267 e. The average Bonchev–Trinajstić information content (AvgIpc) is 2.55. The molecule has 5 heteroatoms. The quantitative estimate of drug-likeness (QED) is 0.735. The Kier molecular flexibility index (Phi) is 3.73. The van der Waals surface area contributed by atoms with E-state index >= 15 is 0 Å². The van der Waals surface area contributed by atoms with Gasteiger partial charge in [-0.05, 0) is 29.8 Å². The van der Waals surface area contributed by atoms with E-state index < -0.39 is 0 Å². The Morgan fingerprint density at radius 2 is 1.82 bits per heavy atom. The van der Waals surface area contributed by atoms with Crippen LogP contribution < -0.4 is 5.56 Å². The van der Waals surface area contributed by atoms with Crippen molar-refractivity contribution >= 4 is 34.0 Å². The lowest BCUT2D eigenvalue weighted by Crippen LogP contribution is -2.10. The van der Waals surface area contributed by atoms with Crippen LogP contribution in [0.5, 0.6) is 0 Å². The molecule has 3 aromatic rings. The molecule has 0 amide bonds. The molecule has 0 saturated carbocycles. The molecule has 0 aliphatic heterocycles. The molecule has 0 unspecified atom stereocenters. The van der Waals surface area contributed by atoms with E-state index in [0.29, 0.717) is 27.1 Å². The van der Waals surface area contributed by atoms with Gasteiger partial charge in [-0.1, -0.05) is 41.9 Å². The van der Waals surface area contributed by atoms with Crippen molar-refractivity contribution in [3.05, 3.63) is 75.2 Å². The predicted octanol–water partition coefficient (Wildman–Crippen LogP) is 3.64. The number of aromatic nitrogens is 2. The molecule has 106 valence electrons. The number of H-pyrrole nitrogens is 1. The van der Waals surface area contributed by atoms with Crippen LogP contribution in [0.25, 0.3) is 22.4 Å². The second-order valence-corrected chi connectivity index (χ2v) is 5.10. The summed E-state index contributed by atoms with van der Waals surface area (Å²) in [5, 5.41) is 17.7. The number of aromatic amines is 1. The van der Waals surface area contributed by atoms with Crippen LogP contribution in [-0.4, -0.2) is 10.2 Å². The number of nitrogens with one attached hydrogen (secondary N) is 1. The monoisotopic (exact) mass is 307 g/mol. The highest BCUT2D eigenvalue weighted by molar-refractivity contribution is 6.30. The number of halogens is 1. The second-order valence-electron chi connectivity index (χ2n) is 4.67. The minimum Gasteiger partial charge on any atom is -0.267 e. The van der Waals surface area contributed by atoms with E-state index in [1.165, 1.54) is 0 Å². The third-order valence-corrected chi connectivity index (χ3v) is 3.50. The molecule has 1 heterocycles. The van der Waals surface area contributed by atoms with Gasteiger partial charge in [0.1, 0.15) is 11.8 Å². The van der Waals surface area contributed by atoms with Gasteiger partial charge in [-0.25, -0.2) is 5.10 Å². The van der Waals surface area contributed by atoms with Crippen molar-refractivity contribution in [2.24, 2.45) is 0 Å². The van der Waals surface area contributed by atoms with Gasteiger partial charge in [0, 0.05) is 10.4 Å². The lowest BCUT2D eigenvalue weighted by molar-refractivity contribution is 0.997. The molecule has 22 heavy (non-hydrogen) atoms. The van der Waals surface area contributed by atoms with Gasteiger partial charge in [0.15, 0.2) is 0 Å². The van der Waals surface area contributed by atoms with E-state index in [0.717, 1.165) is 5.56 Å². The van der Waals surface area contributed by atoms with Crippen LogP contribution in [0.3, 0.4) is 0 Å². The van der Waals surface area contributed by atoms with Crippen molar-refractivity contribution in [3.63, 3.8) is 0 Å². The molecular weight excluding hydrogens is 298 g/mol. The number of hydrogen-bond acceptors (Lipinski definition) is 3. The second kappa shape index (κ2) is 5.84.